The summed E-state index contributed by atoms with van der Waals surface area (Å²) >= 11 is 1.32. The van der Waals surface area contributed by atoms with Gasteiger partial charge < -0.3 is 4.74 Å². The third-order valence-electron chi connectivity index (χ3n) is 3.77. The number of hydrogen-bond acceptors (Lipinski definition) is 4. The zero-order valence-corrected chi connectivity index (χ0v) is 14.1. The zero-order valence-electron chi connectivity index (χ0n) is 13.3. The standard InChI is InChI=1S/C19H13FN2O2S/c1-12-16-11-17(19(23)24-15-9-7-13(20)8-10-15)25-18(16)22(21-12)14-5-3-2-4-6-14/h2-11H,1H3. The summed E-state index contributed by atoms with van der Waals surface area (Å²) in [4.78, 5) is 13.8. The summed E-state index contributed by atoms with van der Waals surface area (Å²) < 4.78 is 20.1. The Hall–Kier alpha value is -2.99. The van der Waals surface area contributed by atoms with Crippen LogP contribution in [0.5, 0.6) is 5.75 Å². The molecule has 0 radical (unpaired) electrons. The number of fused-ring (bicyclic) bond motifs is 1. The molecule has 4 rings (SSSR count). The first-order chi connectivity index (χ1) is 12.1. The second kappa shape index (κ2) is 6.14. The molecule has 2 heterocycles. The Morgan fingerprint density at radius 1 is 1.12 bits per heavy atom. The van der Waals surface area contributed by atoms with Gasteiger partial charge in [0.15, 0.2) is 0 Å². The highest BCUT2D eigenvalue weighted by molar-refractivity contribution is 7.20. The number of rotatable bonds is 3. The van der Waals surface area contributed by atoms with Gasteiger partial charge in [-0.25, -0.2) is 13.9 Å². The van der Waals surface area contributed by atoms with E-state index in [0.717, 1.165) is 21.6 Å². The van der Waals surface area contributed by atoms with Gasteiger partial charge in [-0.3, -0.25) is 0 Å². The number of ether oxygens (including phenoxy) is 1. The molecule has 0 unspecified atom stereocenters. The van der Waals surface area contributed by atoms with Gasteiger partial charge in [0.1, 0.15) is 21.3 Å². The number of esters is 1. The van der Waals surface area contributed by atoms with E-state index in [9.17, 15) is 9.18 Å². The van der Waals surface area contributed by atoms with Gasteiger partial charge in [0.2, 0.25) is 0 Å². The second-order valence-corrected chi connectivity index (χ2v) is 6.54. The fourth-order valence-corrected chi connectivity index (χ4v) is 3.61. The topological polar surface area (TPSA) is 44.1 Å². The van der Waals surface area contributed by atoms with Gasteiger partial charge in [0.05, 0.1) is 11.4 Å². The van der Waals surface area contributed by atoms with E-state index >= 15 is 0 Å². The molecule has 0 fully saturated rings. The molecule has 0 saturated heterocycles. The molecule has 4 nitrogen and oxygen atoms in total. The molecule has 2 aromatic carbocycles. The molecular formula is C19H13FN2O2S. The van der Waals surface area contributed by atoms with Gasteiger partial charge in [-0.1, -0.05) is 18.2 Å². The molecule has 0 atom stereocenters. The van der Waals surface area contributed by atoms with Gasteiger partial charge in [-0.05, 0) is 49.4 Å². The lowest BCUT2D eigenvalue weighted by atomic mass is 10.3. The van der Waals surface area contributed by atoms with Crippen molar-refractivity contribution in [1.29, 1.82) is 0 Å². The van der Waals surface area contributed by atoms with Crippen molar-refractivity contribution >= 4 is 27.5 Å². The number of carbonyl (C=O) groups excluding carboxylic acids is 1. The van der Waals surface area contributed by atoms with Crippen LogP contribution in [-0.4, -0.2) is 15.7 Å². The Labute approximate surface area is 147 Å². The summed E-state index contributed by atoms with van der Waals surface area (Å²) in [6, 6.07) is 16.9. The molecule has 25 heavy (non-hydrogen) atoms. The molecule has 0 aliphatic heterocycles. The Morgan fingerprint density at radius 3 is 2.56 bits per heavy atom. The van der Waals surface area contributed by atoms with Crippen molar-refractivity contribution in [3.63, 3.8) is 0 Å². The van der Waals surface area contributed by atoms with Crippen LogP contribution in [0.2, 0.25) is 0 Å². The smallest absolute Gasteiger partial charge is 0.353 e. The van der Waals surface area contributed by atoms with Crippen LogP contribution in [0.3, 0.4) is 0 Å². The van der Waals surface area contributed by atoms with Crippen LogP contribution in [0.1, 0.15) is 15.4 Å². The number of hydrogen-bond donors (Lipinski definition) is 0. The first-order valence-electron chi connectivity index (χ1n) is 7.64. The van der Waals surface area contributed by atoms with E-state index in [1.807, 2.05) is 41.9 Å². The van der Waals surface area contributed by atoms with Gasteiger partial charge in [-0.2, -0.15) is 5.10 Å². The Bertz CT molecular complexity index is 1050. The SMILES string of the molecule is Cc1nn(-c2ccccc2)c2sc(C(=O)Oc3ccc(F)cc3)cc12. The molecule has 0 amide bonds. The number of thiophene rings is 1. The first-order valence-corrected chi connectivity index (χ1v) is 8.46. The van der Waals surface area contributed by atoms with E-state index in [0.29, 0.717) is 10.6 Å². The molecule has 0 N–H and O–H groups in total. The maximum Gasteiger partial charge on any atom is 0.353 e. The number of halogens is 1. The lowest BCUT2D eigenvalue weighted by Crippen LogP contribution is -2.06. The summed E-state index contributed by atoms with van der Waals surface area (Å²) in [5.41, 5.74) is 1.77. The average molecular weight is 352 g/mol. The highest BCUT2D eigenvalue weighted by atomic mass is 32.1. The molecule has 0 aliphatic rings. The number of carbonyl (C=O) groups is 1. The van der Waals surface area contributed by atoms with Crippen LogP contribution in [0.15, 0.2) is 60.7 Å². The number of benzene rings is 2. The summed E-state index contributed by atoms with van der Waals surface area (Å²) in [7, 11) is 0. The molecule has 0 aliphatic carbocycles. The fraction of sp³-hybridized carbons (Fsp3) is 0.0526. The molecule has 0 saturated carbocycles. The third-order valence-corrected chi connectivity index (χ3v) is 4.86. The maximum atomic E-state index is 12.9. The van der Waals surface area contributed by atoms with Crippen molar-refractivity contribution in [1.82, 2.24) is 9.78 Å². The second-order valence-electron chi connectivity index (χ2n) is 5.51. The van der Waals surface area contributed by atoms with E-state index < -0.39 is 5.97 Å². The number of aromatic nitrogens is 2. The average Bonchev–Trinajstić information content (AvgIpc) is 3.19. The van der Waals surface area contributed by atoms with Gasteiger partial charge >= 0.3 is 5.97 Å². The lowest BCUT2D eigenvalue weighted by Gasteiger charge is -2.02. The van der Waals surface area contributed by atoms with Crippen LogP contribution in [0.4, 0.5) is 4.39 Å². The van der Waals surface area contributed by atoms with Crippen molar-refractivity contribution in [2.75, 3.05) is 0 Å². The van der Waals surface area contributed by atoms with E-state index in [1.54, 1.807) is 6.07 Å². The van der Waals surface area contributed by atoms with Crippen LogP contribution in [-0.2, 0) is 0 Å². The fourth-order valence-electron chi connectivity index (χ4n) is 2.55. The molecule has 4 aromatic rings. The zero-order chi connectivity index (χ0) is 17.4. The first kappa shape index (κ1) is 15.5. The number of aryl methyl sites for hydroxylation is 1. The van der Waals surface area contributed by atoms with Crippen LogP contribution >= 0.6 is 11.3 Å². The van der Waals surface area contributed by atoms with Gasteiger partial charge in [-0.15, -0.1) is 11.3 Å². The number of para-hydroxylation sites is 1. The predicted molar refractivity (Wildman–Crippen MR) is 95.0 cm³/mol. The highest BCUT2D eigenvalue weighted by Gasteiger charge is 2.18. The molecule has 6 heteroatoms. The Kier molecular flexibility index (Phi) is 3.82. The van der Waals surface area contributed by atoms with Crippen molar-refractivity contribution in [3.05, 3.63) is 77.1 Å². The minimum Gasteiger partial charge on any atom is -0.422 e. The van der Waals surface area contributed by atoms with Crippen molar-refractivity contribution in [3.8, 4) is 11.4 Å². The maximum absolute atomic E-state index is 12.9. The summed E-state index contributed by atoms with van der Waals surface area (Å²) in [6.07, 6.45) is 0. The minimum atomic E-state index is -0.466. The quantitative estimate of drug-likeness (QED) is 0.395. The normalized spacial score (nSPS) is 11.0. The van der Waals surface area contributed by atoms with Crippen molar-refractivity contribution in [2.45, 2.75) is 6.92 Å². The van der Waals surface area contributed by atoms with E-state index in [4.69, 9.17) is 4.74 Å². The minimum absolute atomic E-state index is 0.310. The largest absolute Gasteiger partial charge is 0.422 e. The third kappa shape index (κ3) is 2.92. The van der Waals surface area contributed by atoms with E-state index in [1.165, 1.54) is 35.6 Å². The predicted octanol–water partition coefficient (Wildman–Crippen LogP) is 4.75. The monoisotopic (exact) mass is 352 g/mol. The Morgan fingerprint density at radius 2 is 1.84 bits per heavy atom. The van der Waals surface area contributed by atoms with Crippen LogP contribution < -0.4 is 4.74 Å². The molecule has 2 aromatic heterocycles. The van der Waals surface area contributed by atoms with Crippen LogP contribution in [0.25, 0.3) is 15.9 Å². The van der Waals surface area contributed by atoms with Gasteiger partial charge in [0.25, 0.3) is 0 Å². The summed E-state index contributed by atoms with van der Waals surface area (Å²) in [6.45, 7) is 1.91. The molecule has 0 spiro atoms. The van der Waals surface area contributed by atoms with Crippen molar-refractivity contribution < 1.29 is 13.9 Å². The lowest BCUT2D eigenvalue weighted by molar-refractivity contribution is 0.0739. The highest BCUT2D eigenvalue weighted by Crippen LogP contribution is 2.31. The van der Waals surface area contributed by atoms with E-state index in [-0.39, 0.29) is 5.82 Å². The van der Waals surface area contributed by atoms with Crippen molar-refractivity contribution in [2.24, 2.45) is 0 Å². The number of nitrogens with zero attached hydrogens (tertiary/aromatic N) is 2. The molecular weight excluding hydrogens is 339 g/mol. The molecule has 0 bridgehead atoms. The van der Waals surface area contributed by atoms with E-state index in [2.05, 4.69) is 5.10 Å². The van der Waals surface area contributed by atoms with Crippen LogP contribution in [0, 0.1) is 12.7 Å². The summed E-state index contributed by atoms with van der Waals surface area (Å²) in [5.74, 6) is -0.530. The summed E-state index contributed by atoms with van der Waals surface area (Å²) in [5, 5.41) is 5.46. The molecule has 124 valence electrons. The van der Waals surface area contributed by atoms with Gasteiger partial charge in [0, 0.05) is 5.39 Å². The Balaban J connectivity index is 1.69.